The number of aromatic nitrogens is 2. The Balaban J connectivity index is 2.67. The molecule has 0 unspecified atom stereocenters. The van der Waals surface area contributed by atoms with Crippen LogP contribution in [0.2, 0.25) is 0 Å². The lowest BCUT2D eigenvalue weighted by atomic mass is 10.0. The lowest BCUT2D eigenvalue weighted by Gasteiger charge is -2.21. The molecule has 8 heteroatoms. The van der Waals surface area contributed by atoms with Gasteiger partial charge >= 0.3 is 11.9 Å². The number of H-pyrrole nitrogens is 1. The Bertz CT molecular complexity index is 532. The van der Waals surface area contributed by atoms with Gasteiger partial charge in [-0.3, -0.25) is 9.59 Å². The fourth-order valence-corrected chi connectivity index (χ4v) is 1.29. The number of methoxy groups -OCH3 is 1. The second kappa shape index (κ2) is 6.09. The fourth-order valence-electron chi connectivity index (χ4n) is 1.29. The van der Waals surface area contributed by atoms with Crippen molar-refractivity contribution in [3.05, 3.63) is 18.2 Å². The highest BCUT2D eigenvalue weighted by Crippen LogP contribution is 2.12. The number of ether oxygens (including phenoxy) is 2. The molecule has 0 bridgehead atoms. The van der Waals surface area contributed by atoms with Crippen molar-refractivity contribution in [2.45, 2.75) is 25.9 Å². The van der Waals surface area contributed by atoms with E-state index in [1.54, 1.807) is 0 Å². The van der Waals surface area contributed by atoms with E-state index >= 15 is 0 Å². The molecule has 1 aromatic heterocycles. The molecular weight excluding hydrogens is 268 g/mol. The molecule has 0 amide bonds. The van der Waals surface area contributed by atoms with E-state index in [4.69, 9.17) is 4.74 Å². The molecular formula is C12H14N2O6. The van der Waals surface area contributed by atoms with E-state index in [1.807, 2.05) is 0 Å². The average Bonchev–Trinajstić information content (AvgIpc) is 2.89. The molecule has 0 aliphatic heterocycles. The number of esters is 2. The highest BCUT2D eigenvalue weighted by Gasteiger charge is 2.39. The van der Waals surface area contributed by atoms with Gasteiger partial charge in [0.1, 0.15) is 5.82 Å². The predicted octanol–water partition coefficient (Wildman–Crippen LogP) is -0.415. The van der Waals surface area contributed by atoms with Crippen LogP contribution >= 0.6 is 0 Å². The van der Waals surface area contributed by atoms with Crippen LogP contribution in [0, 0.1) is 0 Å². The summed E-state index contributed by atoms with van der Waals surface area (Å²) in [5.41, 5.74) is -1.77. The third-order valence-electron chi connectivity index (χ3n) is 2.38. The molecule has 0 atom stereocenters. The summed E-state index contributed by atoms with van der Waals surface area (Å²) in [4.78, 5) is 52.3. The number of carbonyl (C=O) groups excluding carboxylic acids is 4. The molecule has 1 rings (SSSR count). The van der Waals surface area contributed by atoms with Crippen LogP contribution in [0.5, 0.6) is 0 Å². The van der Waals surface area contributed by atoms with Gasteiger partial charge in [-0.15, -0.1) is 0 Å². The molecule has 0 aliphatic carbocycles. The van der Waals surface area contributed by atoms with Crippen LogP contribution in [0.4, 0.5) is 0 Å². The zero-order valence-corrected chi connectivity index (χ0v) is 11.3. The summed E-state index contributed by atoms with van der Waals surface area (Å²) in [5, 5.41) is 0. The maximum Gasteiger partial charge on any atom is 0.378 e. The summed E-state index contributed by atoms with van der Waals surface area (Å²) in [6.07, 6.45) is 2.64. The van der Waals surface area contributed by atoms with Gasteiger partial charge in [0, 0.05) is 12.4 Å². The number of hydrogen-bond acceptors (Lipinski definition) is 7. The van der Waals surface area contributed by atoms with Crippen LogP contribution in [-0.4, -0.2) is 46.2 Å². The Morgan fingerprint density at radius 3 is 2.40 bits per heavy atom. The third-order valence-corrected chi connectivity index (χ3v) is 2.38. The van der Waals surface area contributed by atoms with Crippen molar-refractivity contribution in [1.29, 1.82) is 0 Å². The van der Waals surface area contributed by atoms with Gasteiger partial charge in [-0.1, -0.05) is 0 Å². The van der Waals surface area contributed by atoms with Crippen LogP contribution in [-0.2, 0) is 35.1 Å². The largest absolute Gasteiger partial charge is 0.463 e. The van der Waals surface area contributed by atoms with Gasteiger partial charge in [0.05, 0.1) is 13.5 Å². The van der Waals surface area contributed by atoms with Crippen LogP contribution in [0.3, 0.4) is 0 Å². The molecule has 0 radical (unpaired) electrons. The van der Waals surface area contributed by atoms with Crippen molar-refractivity contribution in [2.75, 3.05) is 7.11 Å². The van der Waals surface area contributed by atoms with Gasteiger partial charge in [-0.05, 0) is 13.8 Å². The summed E-state index contributed by atoms with van der Waals surface area (Å²) in [6, 6.07) is 0. The second-order valence-electron chi connectivity index (χ2n) is 4.36. The number of hydrogen-bond donors (Lipinski definition) is 1. The summed E-state index contributed by atoms with van der Waals surface area (Å²) in [5.74, 6) is -4.01. The maximum atomic E-state index is 11.6. The molecule has 0 aliphatic rings. The summed E-state index contributed by atoms with van der Waals surface area (Å²) in [7, 11) is 1.03. The minimum Gasteiger partial charge on any atom is -0.463 e. The first-order valence-corrected chi connectivity index (χ1v) is 5.65. The Morgan fingerprint density at radius 2 is 1.90 bits per heavy atom. The average molecular weight is 282 g/mol. The molecule has 1 heterocycles. The Labute approximate surface area is 114 Å². The second-order valence-corrected chi connectivity index (χ2v) is 4.36. The minimum absolute atomic E-state index is 0.283. The van der Waals surface area contributed by atoms with Gasteiger partial charge in [0.25, 0.3) is 5.78 Å². The van der Waals surface area contributed by atoms with Gasteiger partial charge in [0.2, 0.25) is 5.78 Å². The van der Waals surface area contributed by atoms with Crippen molar-refractivity contribution in [2.24, 2.45) is 0 Å². The highest BCUT2D eigenvalue weighted by atomic mass is 16.6. The summed E-state index contributed by atoms with van der Waals surface area (Å²) in [6.45, 7) is 2.40. The smallest absolute Gasteiger partial charge is 0.378 e. The standard InChI is InChI=1S/C12H14N2O6/c1-12(2,9(16)11(18)19-3)20-10(17)7(15)6-8-13-4-5-14-8/h4-5H,6H2,1-3H3,(H,13,14). The van der Waals surface area contributed by atoms with Crippen molar-refractivity contribution >= 4 is 23.5 Å². The third kappa shape index (κ3) is 3.74. The number of Topliss-reactive ketones (excluding diaryl/α,β-unsaturated/α-hetero) is 2. The molecule has 1 N–H and O–H groups in total. The van der Waals surface area contributed by atoms with Gasteiger partial charge < -0.3 is 14.5 Å². The number of aromatic amines is 1. The van der Waals surface area contributed by atoms with E-state index in [0.29, 0.717) is 5.82 Å². The quantitative estimate of drug-likeness (QED) is 0.556. The van der Waals surface area contributed by atoms with Crippen LogP contribution in [0.1, 0.15) is 19.7 Å². The fraction of sp³-hybridized carbons (Fsp3) is 0.417. The Kier molecular flexibility index (Phi) is 4.73. The zero-order chi connectivity index (χ0) is 15.3. The van der Waals surface area contributed by atoms with Crippen molar-refractivity contribution in [3.63, 3.8) is 0 Å². The minimum atomic E-state index is -1.77. The van der Waals surface area contributed by atoms with E-state index < -0.39 is 29.1 Å². The van der Waals surface area contributed by atoms with Crippen LogP contribution in [0.15, 0.2) is 12.4 Å². The van der Waals surface area contributed by atoms with Gasteiger partial charge in [0.15, 0.2) is 5.60 Å². The number of carbonyl (C=O) groups is 4. The molecule has 108 valence electrons. The van der Waals surface area contributed by atoms with Gasteiger partial charge in [-0.25, -0.2) is 14.6 Å². The number of rotatable bonds is 6. The van der Waals surface area contributed by atoms with Crippen LogP contribution in [0.25, 0.3) is 0 Å². The van der Waals surface area contributed by atoms with Crippen molar-refractivity contribution in [1.82, 2.24) is 9.97 Å². The summed E-state index contributed by atoms with van der Waals surface area (Å²) < 4.78 is 9.00. The number of imidazole rings is 1. The molecule has 0 saturated carbocycles. The molecule has 0 aromatic carbocycles. The molecule has 0 saturated heterocycles. The SMILES string of the molecule is COC(=O)C(=O)C(C)(C)OC(=O)C(=O)Cc1ncc[nH]1. The van der Waals surface area contributed by atoms with Gasteiger partial charge in [-0.2, -0.15) is 0 Å². The maximum absolute atomic E-state index is 11.6. The first kappa shape index (κ1) is 15.5. The van der Waals surface area contributed by atoms with E-state index in [0.717, 1.165) is 7.11 Å². The monoisotopic (exact) mass is 282 g/mol. The number of nitrogens with zero attached hydrogens (tertiary/aromatic N) is 1. The lowest BCUT2D eigenvalue weighted by molar-refractivity contribution is -0.173. The Hall–Kier alpha value is -2.51. The first-order chi connectivity index (χ1) is 9.27. The van der Waals surface area contributed by atoms with Crippen LogP contribution < -0.4 is 0 Å². The Morgan fingerprint density at radius 1 is 1.25 bits per heavy atom. The van der Waals surface area contributed by atoms with E-state index in [9.17, 15) is 19.2 Å². The normalized spacial score (nSPS) is 10.8. The van der Waals surface area contributed by atoms with E-state index in [2.05, 4.69) is 14.7 Å². The van der Waals surface area contributed by atoms with Crippen molar-refractivity contribution in [3.8, 4) is 0 Å². The number of nitrogens with one attached hydrogen (secondary N) is 1. The lowest BCUT2D eigenvalue weighted by Crippen LogP contribution is -2.43. The number of ketones is 2. The molecule has 0 spiro atoms. The molecule has 20 heavy (non-hydrogen) atoms. The highest BCUT2D eigenvalue weighted by molar-refractivity contribution is 6.38. The summed E-state index contributed by atoms with van der Waals surface area (Å²) >= 11 is 0. The molecule has 0 fully saturated rings. The van der Waals surface area contributed by atoms with E-state index in [1.165, 1.54) is 26.2 Å². The molecule has 8 nitrogen and oxygen atoms in total. The molecule has 1 aromatic rings. The van der Waals surface area contributed by atoms with E-state index in [-0.39, 0.29) is 6.42 Å². The topological polar surface area (TPSA) is 115 Å². The zero-order valence-electron chi connectivity index (χ0n) is 11.3. The predicted molar refractivity (Wildman–Crippen MR) is 64.5 cm³/mol. The first-order valence-electron chi connectivity index (χ1n) is 5.65. The van der Waals surface area contributed by atoms with Crippen molar-refractivity contribution < 1.29 is 28.7 Å².